The molecular weight excluding hydrogens is 392 g/mol. The minimum atomic E-state index is 0.0786. The number of carbonyl (C=O) groups excluding carboxylic acids is 1. The molecule has 154 valence electrons. The lowest BCUT2D eigenvalue weighted by Gasteiger charge is -2.28. The van der Waals surface area contributed by atoms with Gasteiger partial charge in [0.2, 0.25) is 5.91 Å². The van der Waals surface area contributed by atoms with Gasteiger partial charge in [-0.2, -0.15) is 5.26 Å². The highest BCUT2D eigenvalue weighted by molar-refractivity contribution is 7.99. The first-order valence-electron chi connectivity index (χ1n) is 10.8. The standard InChI is InChI=1S/C24H26N4OS/c1-14-9-23(28-21-6-4-3-5-20(21)27-24(28)19(14)12-25)30-13-22(29)26-15(2)18-11-16-7-8-17(18)10-16/h3-6,9,15-18H,7-8,10-11,13H2,1-2H3,(H,26,29)/t15-,16-,17+,18-/m0/s1. The number of nitrogens with one attached hydrogen (secondary N) is 1. The highest BCUT2D eigenvalue weighted by atomic mass is 32.2. The molecule has 3 aromatic rings. The maximum Gasteiger partial charge on any atom is 0.230 e. The molecular formula is C24H26N4OS. The van der Waals surface area contributed by atoms with E-state index in [0.29, 0.717) is 22.9 Å². The van der Waals surface area contributed by atoms with E-state index in [0.717, 1.165) is 33.5 Å². The number of aromatic nitrogens is 2. The molecule has 1 aromatic carbocycles. The van der Waals surface area contributed by atoms with Gasteiger partial charge in [-0.1, -0.05) is 30.3 Å². The van der Waals surface area contributed by atoms with E-state index in [1.54, 1.807) is 0 Å². The van der Waals surface area contributed by atoms with Crippen LogP contribution < -0.4 is 5.32 Å². The largest absolute Gasteiger partial charge is 0.353 e. The van der Waals surface area contributed by atoms with Gasteiger partial charge in [0.05, 0.1) is 27.4 Å². The van der Waals surface area contributed by atoms with E-state index in [2.05, 4.69) is 23.3 Å². The lowest BCUT2D eigenvalue weighted by molar-refractivity contribution is -0.119. The van der Waals surface area contributed by atoms with Crippen LogP contribution in [0, 0.1) is 36.0 Å². The van der Waals surface area contributed by atoms with Gasteiger partial charge >= 0.3 is 0 Å². The second-order valence-corrected chi connectivity index (χ2v) is 9.89. The SMILES string of the molecule is Cc1cc(SCC(=O)N[C@@H](C)[C@@H]2C[C@H]3CC[C@@H]2C3)n2c(nc3ccccc32)c1C#N. The molecule has 2 aliphatic carbocycles. The third-order valence-corrected chi connectivity index (χ3v) is 8.03. The van der Waals surface area contributed by atoms with E-state index in [-0.39, 0.29) is 11.9 Å². The molecule has 4 atom stereocenters. The lowest BCUT2D eigenvalue weighted by atomic mass is 9.84. The van der Waals surface area contributed by atoms with Crippen molar-refractivity contribution < 1.29 is 4.79 Å². The van der Waals surface area contributed by atoms with Gasteiger partial charge in [-0.25, -0.2) is 4.98 Å². The fraction of sp³-hybridized carbons (Fsp3) is 0.458. The van der Waals surface area contributed by atoms with Crippen molar-refractivity contribution in [3.63, 3.8) is 0 Å². The van der Waals surface area contributed by atoms with E-state index in [1.807, 2.05) is 41.7 Å². The number of fused-ring (bicyclic) bond motifs is 5. The van der Waals surface area contributed by atoms with Crippen LogP contribution in [-0.4, -0.2) is 27.1 Å². The van der Waals surface area contributed by atoms with Gasteiger partial charge < -0.3 is 5.32 Å². The quantitative estimate of drug-likeness (QED) is 0.610. The molecule has 6 heteroatoms. The number of rotatable bonds is 5. The average molecular weight is 419 g/mol. The van der Waals surface area contributed by atoms with Gasteiger partial charge in [0.15, 0.2) is 5.65 Å². The van der Waals surface area contributed by atoms with E-state index < -0.39 is 0 Å². The highest BCUT2D eigenvalue weighted by Crippen LogP contribution is 2.49. The maximum absolute atomic E-state index is 12.7. The zero-order valence-electron chi connectivity index (χ0n) is 17.4. The van der Waals surface area contributed by atoms with Crippen molar-refractivity contribution in [3.05, 3.63) is 41.5 Å². The van der Waals surface area contributed by atoms with E-state index in [1.165, 1.54) is 37.4 Å². The molecule has 0 unspecified atom stereocenters. The van der Waals surface area contributed by atoms with Crippen LogP contribution in [0.2, 0.25) is 0 Å². The van der Waals surface area contributed by atoms with Crippen LogP contribution in [0.1, 0.15) is 43.7 Å². The Morgan fingerprint density at radius 3 is 2.93 bits per heavy atom. The van der Waals surface area contributed by atoms with Gasteiger partial charge in [0.1, 0.15) is 6.07 Å². The summed E-state index contributed by atoms with van der Waals surface area (Å²) in [5.41, 5.74) is 3.96. The van der Waals surface area contributed by atoms with E-state index in [9.17, 15) is 10.1 Å². The summed E-state index contributed by atoms with van der Waals surface area (Å²) in [4.78, 5) is 17.4. The first-order chi connectivity index (χ1) is 14.5. The van der Waals surface area contributed by atoms with Crippen molar-refractivity contribution in [1.29, 1.82) is 5.26 Å². The van der Waals surface area contributed by atoms with Crippen LogP contribution >= 0.6 is 11.8 Å². The van der Waals surface area contributed by atoms with Crippen molar-refractivity contribution in [2.45, 2.75) is 50.6 Å². The summed E-state index contributed by atoms with van der Waals surface area (Å²) < 4.78 is 2.01. The number of benzene rings is 1. The summed E-state index contributed by atoms with van der Waals surface area (Å²) in [6, 6.07) is 12.4. The van der Waals surface area contributed by atoms with Gasteiger partial charge in [-0.3, -0.25) is 9.20 Å². The molecule has 0 saturated heterocycles. The van der Waals surface area contributed by atoms with Crippen molar-refractivity contribution in [2.24, 2.45) is 17.8 Å². The number of para-hydroxylation sites is 2. The zero-order valence-corrected chi connectivity index (χ0v) is 18.2. The summed E-state index contributed by atoms with van der Waals surface area (Å²) in [7, 11) is 0. The molecule has 0 spiro atoms. The molecule has 2 aliphatic rings. The second-order valence-electron chi connectivity index (χ2n) is 8.90. The number of carbonyl (C=O) groups is 1. The van der Waals surface area contributed by atoms with Gasteiger partial charge in [0.25, 0.3) is 0 Å². The summed E-state index contributed by atoms with van der Waals surface area (Å²) in [5.74, 6) is 2.77. The molecule has 5 nitrogen and oxygen atoms in total. The average Bonchev–Trinajstić information content (AvgIpc) is 3.46. The van der Waals surface area contributed by atoms with Crippen molar-refractivity contribution in [1.82, 2.24) is 14.7 Å². The molecule has 1 amide bonds. The molecule has 2 aromatic heterocycles. The molecule has 0 aliphatic heterocycles. The van der Waals surface area contributed by atoms with Crippen LogP contribution in [0.15, 0.2) is 35.4 Å². The highest BCUT2D eigenvalue weighted by Gasteiger charge is 2.42. The van der Waals surface area contributed by atoms with E-state index in [4.69, 9.17) is 0 Å². The number of amides is 1. The third-order valence-electron chi connectivity index (χ3n) is 7.03. The van der Waals surface area contributed by atoms with Gasteiger partial charge in [-0.05, 0) is 74.6 Å². The van der Waals surface area contributed by atoms with Gasteiger partial charge in [-0.15, -0.1) is 0 Å². The van der Waals surface area contributed by atoms with Gasteiger partial charge in [0, 0.05) is 6.04 Å². The maximum atomic E-state index is 12.7. The monoisotopic (exact) mass is 418 g/mol. The Labute approximate surface area is 180 Å². The van der Waals surface area contributed by atoms with Crippen LogP contribution in [0.25, 0.3) is 16.7 Å². The third kappa shape index (κ3) is 3.26. The normalized spacial score (nSPS) is 23.7. The second kappa shape index (κ2) is 7.63. The fourth-order valence-corrected chi connectivity index (χ4v) is 6.54. The summed E-state index contributed by atoms with van der Waals surface area (Å²) in [6.45, 7) is 4.10. The number of hydrogen-bond acceptors (Lipinski definition) is 4. The number of thioether (sulfide) groups is 1. The lowest BCUT2D eigenvalue weighted by Crippen LogP contribution is -2.40. The number of aryl methyl sites for hydroxylation is 1. The zero-order chi connectivity index (χ0) is 20.8. The smallest absolute Gasteiger partial charge is 0.230 e. The molecule has 2 saturated carbocycles. The molecule has 2 bridgehead atoms. The van der Waals surface area contributed by atoms with Crippen LogP contribution in [0.3, 0.4) is 0 Å². The Morgan fingerprint density at radius 2 is 2.20 bits per heavy atom. The minimum absolute atomic E-state index is 0.0786. The van der Waals surface area contributed by atoms with Crippen molar-refractivity contribution in [2.75, 3.05) is 5.75 Å². The van der Waals surface area contributed by atoms with Crippen LogP contribution in [0.5, 0.6) is 0 Å². The topological polar surface area (TPSA) is 70.2 Å². The first kappa shape index (κ1) is 19.4. The molecule has 2 heterocycles. The molecule has 5 rings (SSSR count). The first-order valence-corrected chi connectivity index (χ1v) is 11.8. The predicted molar refractivity (Wildman–Crippen MR) is 119 cm³/mol. The Balaban J connectivity index is 1.36. The number of nitriles is 1. The Morgan fingerprint density at radius 1 is 1.37 bits per heavy atom. The number of pyridine rings is 1. The fourth-order valence-electron chi connectivity index (χ4n) is 5.61. The number of imidazole rings is 1. The molecule has 1 N–H and O–H groups in total. The Bertz CT molecular complexity index is 1180. The van der Waals surface area contributed by atoms with Crippen molar-refractivity contribution >= 4 is 34.3 Å². The summed E-state index contributed by atoms with van der Waals surface area (Å²) in [5, 5.41) is 13.8. The molecule has 30 heavy (non-hydrogen) atoms. The number of nitrogens with zero attached hydrogens (tertiary/aromatic N) is 3. The Hall–Kier alpha value is -2.52. The molecule has 2 fully saturated rings. The van der Waals surface area contributed by atoms with E-state index >= 15 is 0 Å². The summed E-state index contributed by atoms with van der Waals surface area (Å²) >= 11 is 1.51. The molecule has 0 radical (unpaired) electrons. The van der Waals surface area contributed by atoms with Crippen LogP contribution in [-0.2, 0) is 4.79 Å². The minimum Gasteiger partial charge on any atom is -0.353 e. The summed E-state index contributed by atoms with van der Waals surface area (Å²) in [6.07, 6.45) is 5.34. The number of hydrogen-bond donors (Lipinski definition) is 1. The van der Waals surface area contributed by atoms with Crippen LogP contribution in [0.4, 0.5) is 0 Å². The Kier molecular flexibility index (Phi) is 4.94. The van der Waals surface area contributed by atoms with Crippen molar-refractivity contribution in [3.8, 4) is 6.07 Å². The predicted octanol–water partition coefficient (Wildman–Crippen LogP) is 4.70.